The van der Waals surface area contributed by atoms with Crippen molar-refractivity contribution in [3.8, 4) is 23.0 Å². The van der Waals surface area contributed by atoms with E-state index >= 15 is 4.79 Å². The third kappa shape index (κ3) is 12.8. The van der Waals surface area contributed by atoms with E-state index in [9.17, 15) is 10.2 Å². The first-order chi connectivity index (χ1) is 33.4. The number of hydrogen-bond acceptors (Lipinski definition) is 11. The normalized spacial score (nSPS) is 22.7. The highest BCUT2D eigenvalue weighted by atomic mass is 32.2. The van der Waals surface area contributed by atoms with Gasteiger partial charge in [0.2, 0.25) is 18.5 Å². The van der Waals surface area contributed by atoms with Crippen molar-refractivity contribution in [2.75, 3.05) is 46.1 Å². The summed E-state index contributed by atoms with van der Waals surface area (Å²) in [6.45, 7) is 7.77. The molecule has 0 radical (unpaired) electrons. The molecule has 370 valence electrons. The molecule has 2 aliphatic carbocycles. The Morgan fingerprint density at radius 1 is 0.882 bits per heavy atom. The highest BCUT2D eigenvalue weighted by Crippen LogP contribution is 2.62. The van der Waals surface area contributed by atoms with Gasteiger partial charge in [0.25, 0.3) is 0 Å². The van der Waals surface area contributed by atoms with Gasteiger partial charge in [0.1, 0.15) is 24.7 Å². The molecule has 0 aromatic heterocycles. The van der Waals surface area contributed by atoms with Crippen LogP contribution in [0.2, 0.25) is 0 Å². The lowest BCUT2D eigenvalue weighted by Crippen LogP contribution is -2.70. The molecule has 68 heavy (non-hydrogen) atoms. The minimum atomic E-state index is -1.35. The maximum Gasteiger partial charge on any atom is 0.239 e. The molecule has 4 aliphatic rings. The number of ether oxygens (including phenoxy) is 5. The molecule has 1 amide bonds. The number of amides is 1. The Labute approximate surface area is 409 Å². The summed E-state index contributed by atoms with van der Waals surface area (Å²) in [6.07, 6.45) is 20.1. The Balaban J connectivity index is 1.30. The van der Waals surface area contributed by atoms with Crippen molar-refractivity contribution in [1.82, 2.24) is 4.90 Å². The number of carbonyl (C=O) groups is 1. The molecular weight excluding hydrogens is 877 g/mol. The molecule has 3 aromatic carbocycles. The molecule has 2 aliphatic heterocycles. The largest absolute Gasteiger partial charge is 0.493 e. The van der Waals surface area contributed by atoms with Gasteiger partial charge in [0.15, 0.2) is 11.5 Å². The molecule has 2 heterocycles. The van der Waals surface area contributed by atoms with Crippen LogP contribution in [0.1, 0.15) is 133 Å². The molecule has 0 bridgehead atoms. The zero-order chi connectivity index (χ0) is 47.6. The van der Waals surface area contributed by atoms with E-state index in [4.69, 9.17) is 33.7 Å². The van der Waals surface area contributed by atoms with Gasteiger partial charge in [-0.05, 0) is 97.5 Å². The number of rotatable bonds is 30. The minimum absolute atomic E-state index is 0.0293. The van der Waals surface area contributed by atoms with Gasteiger partial charge in [0, 0.05) is 54.7 Å². The van der Waals surface area contributed by atoms with Gasteiger partial charge in [0.05, 0.1) is 24.8 Å². The molecule has 11 nitrogen and oxygen atoms in total. The fraction of sp³-hybridized carbons (Fsp3) is 0.571. The van der Waals surface area contributed by atoms with Gasteiger partial charge in [-0.3, -0.25) is 4.79 Å². The van der Waals surface area contributed by atoms with E-state index in [0.29, 0.717) is 56.1 Å². The van der Waals surface area contributed by atoms with Crippen molar-refractivity contribution < 1.29 is 43.5 Å². The zero-order valence-electron chi connectivity index (χ0n) is 40.6. The standard InChI is InChI=1S/C56H76N2O9S/c1-4-6-7-8-9-10-11-12-16-25-53(61)58(39-41-26-28-50-51(35-41)65-40-64-50)52-38-48(57-62-3)46-36-42(21-17-19-30-59)45(24-18-20-31-60)54-47-37-43(63-33-34-68-44-22-14-13-15-23-44)27-29-49(47)67-56(52,55(46)54)66-32-5-2/h5,13-15,22-23,26-29,35-37,42,45,52,54-55,59-60H,2,4,6-12,16-21,24-25,30-34,38-40H2,1,3H3. The Kier molecular flexibility index (Phi) is 20.0. The Hall–Kier alpha value is -4.49. The van der Waals surface area contributed by atoms with Crippen LogP contribution in [0.5, 0.6) is 23.0 Å². The van der Waals surface area contributed by atoms with Crippen molar-refractivity contribution in [3.63, 3.8) is 0 Å². The molecule has 6 unspecified atom stereocenters. The van der Waals surface area contributed by atoms with Crippen molar-refractivity contribution in [2.45, 2.75) is 145 Å². The third-order valence-electron chi connectivity index (χ3n) is 14.2. The van der Waals surface area contributed by atoms with Crippen LogP contribution in [-0.2, 0) is 20.9 Å². The second kappa shape index (κ2) is 26.5. The van der Waals surface area contributed by atoms with Gasteiger partial charge >= 0.3 is 0 Å². The van der Waals surface area contributed by atoms with Crippen molar-refractivity contribution in [3.05, 3.63) is 102 Å². The summed E-state index contributed by atoms with van der Waals surface area (Å²) in [5, 5.41) is 24.8. The van der Waals surface area contributed by atoms with Crippen LogP contribution < -0.4 is 18.9 Å². The van der Waals surface area contributed by atoms with E-state index in [1.54, 1.807) is 24.9 Å². The smallest absolute Gasteiger partial charge is 0.239 e. The van der Waals surface area contributed by atoms with Gasteiger partial charge in [-0.1, -0.05) is 113 Å². The average Bonchev–Trinajstić information content (AvgIpc) is 3.83. The third-order valence-corrected chi connectivity index (χ3v) is 15.2. The van der Waals surface area contributed by atoms with Crippen molar-refractivity contribution >= 4 is 23.4 Å². The van der Waals surface area contributed by atoms with E-state index in [2.05, 4.69) is 49.9 Å². The average molecular weight is 953 g/mol. The first-order valence-electron chi connectivity index (χ1n) is 25.5. The van der Waals surface area contributed by atoms with Crippen LogP contribution >= 0.6 is 11.8 Å². The van der Waals surface area contributed by atoms with Crippen LogP contribution in [0.3, 0.4) is 0 Å². The van der Waals surface area contributed by atoms with E-state index in [1.165, 1.54) is 43.4 Å². The highest BCUT2D eigenvalue weighted by Gasteiger charge is 2.65. The number of fused-ring (bicyclic) bond motifs is 3. The lowest BCUT2D eigenvalue weighted by atomic mass is 9.55. The van der Waals surface area contributed by atoms with Crippen LogP contribution in [0.15, 0.2) is 101 Å². The number of hydrogen-bond donors (Lipinski definition) is 2. The molecule has 3 aromatic rings. The molecule has 0 spiro atoms. The van der Waals surface area contributed by atoms with Crippen LogP contribution in [0, 0.1) is 17.8 Å². The van der Waals surface area contributed by atoms with Crippen LogP contribution in [0.4, 0.5) is 0 Å². The molecule has 7 rings (SSSR count). The Morgan fingerprint density at radius 3 is 2.37 bits per heavy atom. The Morgan fingerprint density at radius 2 is 1.62 bits per heavy atom. The molecule has 1 fully saturated rings. The number of aliphatic hydroxyl groups excluding tert-OH is 2. The van der Waals surface area contributed by atoms with Crippen LogP contribution in [-0.4, -0.2) is 84.6 Å². The molecular formula is C56H76N2O9S. The number of carbonyl (C=O) groups excluding carboxylic acids is 1. The summed E-state index contributed by atoms with van der Waals surface area (Å²) < 4.78 is 32.8. The maximum atomic E-state index is 15.2. The summed E-state index contributed by atoms with van der Waals surface area (Å²) in [5.74, 6) is 1.96. The number of nitrogens with zero attached hydrogens (tertiary/aromatic N) is 2. The molecule has 2 N–H and O–H groups in total. The molecule has 1 saturated carbocycles. The van der Waals surface area contributed by atoms with Gasteiger partial charge in [-0.15, -0.1) is 18.3 Å². The first kappa shape index (κ1) is 51.4. The van der Waals surface area contributed by atoms with E-state index < -0.39 is 17.7 Å². The molecule has 6 atom stereocenters. The quantitative estimate of drug-likeness (QED) is 0.0288. The molecule has 0 saturated heterocycles. The number of oxime groups is 1. The van der Waals surface area contributed by atoms with Crippen molar-refractivity contribution in [2.24, 2.45) is 22.9 Å². The van der Waals surface area contributed by atoms with Gasteiger partial charge in [-0.25, -0.2) is 0 Å². The fourth-order valence-corrected chi connectivity index (χ4v) is 11.8. The number of allylic oxidation sites excluding steroid dienone is 1. The first-order valence-corrected chi connectivity index (χ1v) is 26.5. The SMILES string of the molecule is C=CCOC12Oc3ccc(OCCSc4ccccc4)cc3C3C(CCCCO)C(CCCCO)C=C(C(=NOC)CC1N(Cc1ccc4c(c1)OCO4)C(=O)CCCCCCCCCCC)C32. The second-order valence-corrected chi connectivity index (χ2v) is 19.9. The predicted octanol–water partition coefficient (Wildman–Crippen LogP) is 11.8. The number of thioether (sulfide) groups is 1. The summed E-state index contributed by atoms with van der Waals surface area (Å²) in [6, 6.07) is 21.8. The number of aliphatic hydroxyl groups is 2. The summed E-state index contributed by atoms with van der Waals surface area (Å²) >= 11 is 1.76. The number of benzene rings is 3. The van der Waals surface area contributed by atoms with Crippen LogP contribution in [0.25, 0.3) is 0 Å². The van der Waals surface area contributed by atoms with E-state index in [0.717, 1.165) is 78.9 Å². The topological polar surface area (TPSA) is 129 Å². The highest BCUT2D eigenvalue weighted by molar-refractivity contribution is 7.99. The monoisotopic (exact) mass is 953 g/mol. The minimum Gasteiger partial charge on any atom is -0.493 e. The van der Waals surface area contributed by atoms with E-state index in [1.807, 2.05) is 41.3 Å². The maximum absolute atomic E-state index is 15.2. The predicted molar refractivity (Wildman–Crippen MR) is 270 cm³/mol. The van der Waals surface area contributed by atoms with Crippen molar-refractivity contribution in [1.29, 1.82) is 0 Å². The summed E-state index contributed by atoms with van der Waals surface area (Å²) in [7, 11) is 1.58. The van der Waals surface area contributed by atoms with E-state index in [-0.39, 0.29) is 50.3 Å². The summed E-state index contributed by atoms with van der Waals surface area (Å²) in [4.78, 5) is 24.1. The lowest BCUT2D eigenvalue weighted by Gasteiger charge is -2.60. The fourth-order valence-electron chi connectivity index (χ4n) is 11.0. The lowest BCUT2D eigenvalue weighted by molar-refractivity contribution is -0.258. The number of unbranched alkanes of at least 4 members (excludes halogenated alkanes) is 10. The van der Waals surface area contributed by atoms with Gasteiger partial charge in [-0.2, -0.15) is 0 Å². The summed E-state index contributed by atoms with van der Waals surface area (Å²) in [5.41, 5.74) is 3.73. The Bertz CT molecular complexity index is 2110. The molecule has 12 heteroatoms. The van der Waals surface area contributed by atoms with Gasteiger partial charge < -0.3 is 43.6 Å². The second-order valence-electron chi connectivity index (χ2n) is 18.8. The zero-order valence-corrected chi connectivity index (χ0v) is 41.4.